The molecule has 4 heteroatoms. The first kappa shape index (κ1) is 29.0. The van der Waals surface area contributed by atoms with Gasteiger partial charge in [-0.05, 0) is 78.6 Å². The van der Waals surface area contributed by atoms with Crippen LogP contribution in [0, 0.1) is 10.8 Å². The van der Waals surface area contributed by atoms with Crippen molar-refractivity contribution in [3.63, 3.8) is 0 Å². The van der Waals surface area contributed by atoms with Crippen molar-refractivity contribution in [3.05, 3.63) is 129 Å². The second-order valence-electron chi connectivity index (χ2n) is 15.6. The highest BCUT2D eigenvalue weighted by molar-refractivity contribution is 6.16. The lowest BCUT2D eigenvalue weighted by atomic mass is 9.70. The highest BCUT2D eigenvalue weighted by Gasteiger charge is 2.42. The molecule has 0 amide bonds. The predicted octanol–water partition coefficient (Wildman–Crippen LogP) is 10.2. The Balaban J connectivity index is 1.32. The van der Waals surface area contributed by atoms with Crippen LogP contribution in [-0.2, 0) is 0 Å². The van der Waals surface area contributed by atoms with Gasteiger partial charge in [0.25, 0.3) is 0 Å². The fraction of sp³-hybridized carbons (Fsp3) is 0.333. The first-order valence-electron chi connectivity index (χ1n) is 16.7. The largest absolute Gasteiger partial charge is 0.281 e. The standard InChI is InChI=1S/C42H42N4/c1-41(2,3)36-28-12-8-7-11-27(28)35-23-43-24-46-38(35)33-21-25(15-17-30(33)36)26-16-18-31-34(22-26)40-39(44-19-20-45-40)32-14-10-9-13-29(32)37(31)42(4,5)6/h7-24,35-40H,1-6H3. The maximum atomic E-state index is 5.09. The number of hydrogen-bond donors (Lipinski definition) is 0. The second-order valence-corrected chi connectivity index (χ2v) is 15.6. The average molecular weight is 603 g/mol. The zero-order valence-corrected chi connectivity index (χ0v) is 27.6. The number of benzene rings is 4. The lowest BCUT2D eigenvalue weighted by molar-refractivity contribution is 0.357. The molecule has 2 heterocycles. The molecule has 4 nitrogen and oxygen atoms in total. The highest BCUT2D eigenvalue weighted by atomic mass is 14.9. The third-order valence-corrected chi connectivity index (χ3v) is 10.5. The highest BCUT2D eigenvalue weighted by Crippen LogP contribution is 2.55. The van der Waals surface area contributed by atoms with Gasteiger partial charge in [0.1, 0.15) is 18.4 Å². The molecule has 4 aliphatic rings. The van der Waals surface area contributed by atoms with Crippen LogP contribution in [0.15, 0.2) is 105 Å². The van der Waals surface area contributed by atoms with Crippen LogP contribution in [0.1, 0.15) is 122 Å². The van der Waals surface area contributed by atoms with Crippen molar-refractivity contribution in [1.82, 2.24) is 0 Å². The molecule has 0 fully saturated rings. The SMILES string of the molecule is CC(C)(C)C1c2ccccc2C2C=NC=NC2c2cc(-c3ccc4c(c3)C3N=CC=NC3c3ccccc3C4C(C)(C)C)ccc21. The zero-order valence-electron chi connectivity index (χ0n) is 27.6. The van der Waals surface area contributed by atoms with Crippen molar-refractivity contribution < 1.29 is 0 Å². The summed E-state index contributed by atoms with van der Waals surface area (Å²) >= 11 is 0. The summed E-state index contributed by atoms with van der Waals surface area (Å²) < 4.78 is 0. The zero-order chi connectivity index (χ0) is 31.8. The van der Waals surface area contributed by atoms with Crippen LogP contribution in [0.5, 0.6) is 0 Å². The van der Waals surface area contributed by atoms with Gasteiger partial charge < -0.3 is 0 Å². The van der Waals surface area contributed by atoms with Gasteiger partial charge in [-0.1, -0.05) is 114 Å². The van der Waals surface area contributed by atoms with Gasteiger partial charge in [0.2, 0.25) is 0 Å². The molecule has 2 aliphatic heterocycles. The van der Waals surface area contributed by atoms with E-state index in [-0.39, 0.29) is 46.7 Å². The molecule has 4 aromatic carbocycles. The molecule has 0 bridgehead atoms. The van der Waals surface area contributed by atoms with E-state index in [1.54, 1.807) is 6.34 Å². The topological polar surface area (TPSA) is 49.4 Å². The van der Waals surface area contributed by atoms with Gasteiger partial charge >= 0.3 is 0 Å². The minimum atomic E-state index is -0.0578. The Bertz CT molecular complexity index is 1820. The van der Waals surface area contributed by atoms with Crippen molar-refractivity contribution in [3.8, 4) is 11.1 Å². The van der Waals surface area contributed by atoms with E-state index in [0.717, 1.165) is 0 Å². The van der Waals surface area contributed by atoms with Gasteiger partial charge in [0.05, 0.1) is 6.04 Å². The molecule has 0 saturated heterocycles. The van der Waals surface area contributed by atoms with E-state index in [2.05, 4.69) is 138 Å². The maximum Gasteiger partial charge on any atom is 0.110 e. The molecule has 0 aromatic heterocycles. The molecule has 46 heavy (non-hydrogen) atoms. The molecule has 230 valence electrons. The third-order valence-electron chi connectivity index (χ3n) is 10.5. The van der Waals surface area contributed by atoms with E-state index in [1.807, 2.05) is 12.4 Å². The Morgan fingerprint density at radius 2 is 0.913 bits per heavy atom. The summed E-state index contributed by atoms with van der Waals surface area (Å²) in [6.07, 6.45) is 7.60. The van der Waals surface area contributed by atoms with Gasteiger partial charge in [-0.3, -0.25) is 15.0 Å². The minimum Gasteiger partial charge on any atom is -0.281 e. The van der Waals surface area contributed by atoms with Crippen LogP contribution in [-0.4, -0.2) is 25.0 Å². The Morgan fingerprint density at radius 3 is 1.48 bits per heavy atom. The molecule has 4 aromatic rings. The van der Waals surface area contributed by atoms with Gasteiger partial charge in [-0.15, -0.1) is 0 Å². The predicted molar refractivity (Wildman–Crippen MR) is 192 cm³/mol. The molecular formula is C42H42N4. The maximum absolute atomic E-state index is 5.09. The lowest BCUT2D eigenvalue weighted by Crippen LogP contribution is -2.21. The molecule has 0 saturated carbocycles. The third kappa shape index (κ3) is 4.56. The molecule has 6 unspecified atom stereocenters. The lowest BCUT2D eigenvalue weighted by Gasteiger charge is -2.33. The minimum absolute atomic E-state index is 0.0109. The normalized spacial score (nSPS) is 25.7. The van der Waals surface area contributed by atoms with Crippen molar-refractivity contribution in [2.75, 3.05) is 0 Å². The summed E-state index contributed by atoms with van der Waals surface area (Å²) in [5.74, 6) is 0.588. The van der Waals surface area contributed by atoms with E-state index in [0.29, 0.717) is 0 Å². The number of aliphatic imine (C=N–C) groups is 4. The Morgan fingerprint density at radius 1 is 0.457 bits per heavy atom. The van der Waals surface area contributed by atoms with Gasteiger partial charge in [-0.2, -0.15) is 0 Å². The molecule has 0 radical (unpaired) electrons. The molecule has 8 rings (SSSR count). The first-order chi connectivity index (χ1) is 22.1. The second kappa shape index (κ2) is 10.6. The first-order valence-corrected chi connectivity index (χ1v) is 16.7. The smallest absolute Gasteiger partial charge is 0.110 e. The van der Waals surface area contributed by atoms with Crippen LogP contribution < -0.4 is 0 Å². The van der Waals surface area contributed by atoms with Crippen LogP contribution in [0.2, 0.25) is 0 Å². The fourth-order valence-corrected chi connectivity index (χ4v) is 8.73. The number of rotatable bonds is 1. The summed E-state index contributed by atoms with van der Waals surface area (Å²) in [7, 11) is 0. The molecule has 6 atom stereocenters. The molecule has 2 aliphatic carbocycles. The Kier molecular flexibility index (Phi) is 6.65. The van der Waals surface area contributed by atoms with E-state index in [9.17, 15) is 0 Å². The summed E-state index contributed by atoms with van der Waals surface area (Å²) in [6, 6.07) is 32.0. The summed E-state index contributed by atoms with van der Waals surface area (Å²) in [5, 5.41) is 0. The van der Waals surface area contributed by atoms with Crippen molar-refractivity contribution >= 4 is 25.0 Å². The monoisotopic (exact) mass is 602 g/mol. The van der Waals surface area contributed by atoms with Crippen LogP contribution >= 0.6 is 0 Å². The molecule has 0 N–H and O–H groups in total. The Labute approximate surface area is 273 Å². The van der Waals surface area contributed by atoms with Crippen LogP contribution in [0.25, 0.3) is 11.1 Å². The Hall–Kier alpha value is -4.44. The van der Waals surface area contributed by atoms with E-state index in [4.69, 9.17) is 15.0 Å². The average Bonchev–Trinajstić information content (AvgIpc) is 3.25. The quantitative estimate of drug-likeness (QED) is 0.208. The van der Waals surface area contributed by atoms with Crippen molar-refractivity contribution in [2.24, 2.45) is 30.8 Å². The summed E-state index contributed by atoms with van der Waals surface area (Å²) in [4.78, 5) is 19.7. The van der Waals surface area contributed by atoms with Crippen molar-refractivity contribution in [2.45, 2.75) is 77.4 Å². The molecular weight excluding hydrogens is 560 g/mol. The van der Waals surface area contributed by atoms with Crippen LogP contribution in [0.4, 0.5) is 0 Å². The van der Waals surface area contributed by atoms with Crippen molar-refractivity contribution in [1.29, 1.82) is 0 Å². The number of hydrogen-bond acceptors (Lipinski definition) is 4. The summed E-state index contributed by atoms with van der Waals surface area (Å²) in [6.45, 7) is 14.1. The van der Waals surface area contributed by atoms with Gasteiger partial charge in [0.15, 0.2) is 0 Å². The van der Waals surface area contributed by atoms with Gasteiger partial charge in [0, 0.05) is 36.4 Å². The van der Waals surface area contributed by atoms with E-state index >= 15 is 0 Å². The van der Waals surface area contributed by atoms with E-state index < -0.39 is 0 Å². The fourth-order valence-electron chi connectivity index (χ4n) is 8.73. The van der Waals surface area contributed by atoms with Gasteiger partial charge in [-0.25, -0.2) is 4.99 Å². The molecule has 0 spiro atoms. The summed E-state index contributed by atoms with van der Waals surface area (Å²) in [5.41, 5.74) is 13.2. The number of fused-ring (bicyclic) bond motifs is 10. The van der Waals surface area contributed by atoms with Crippen LogP contribution in [0.3, 0.4) is 0 Å². The number of nitrogens with zero attached hydrogens (tertiary/aromatic N) is 4. The van der Waals surface area contributed by atoms with E-state index in [1.165, 1.54) is 55.6 Å².